The average molecular weight is 456 g/mol. The molecule has 0 saturated carbocycles. The molecule has 1 aliphatic heterocycles. The summed E-state index contributed by atoms with van der Waals surface area (Å²) in [4.78, 5) is 21.3. The van der Waals surface area contributed by atoms with Crippen LogP contribution in [0.1, 0.15) is 5.56 Å². The molecule has 1 aromatic heterocycles. The van der Waals surface area contributed by atoms with Crippen LogP contribution in [0.4, 0.5) is 10.1 Å². The van der Waals surface area contributed by atoms with Gasteiger partial charge in [-0.1, -0.05) is 30.3 Å². The van der Waals surface area contributed by atoms with Crippen LogP contribution in [0.3, 0.4) is 0 Å². The molecule has 4 rings (SSSR count). The Balaban J connectivity index is 0.000000331. The second kappa shape index (κ2) is 11.8. The lowest BCUT2D eigenvalue weighted by Gasteiger charge is -2.35. The van der Waals surface area contributed by atoms with Crippen LogP contribution in [0, 0.1) is 5.82 Å². The quantitative estimate of drug-likeness (QED) is 0.465. The Morgan fingerprint density at radius 1 is 1.15 bits per heavy atom. The molecule has 33 heavy (non-hydrogen) atoms. The van der Waals surface area contributed by atoms with Crippen LogP contribution in [0.15, 0.2) is 71.4 Å². The van der Waals surface area contributed by atoms with E-state index in [0.717, 1.165) is 41.9 Å². The number of ether oxygens (including phenoxy) is 1. The number of anilines is 1. The fourth-order valence-corrected chi connectivity index (χ4v) is 3.45. The summed E-state index contributed by atoms with van der Waals surface area (Å²) in [5.74, 6) is -2.75. The molecule has 3 aromatic rings. The number of carboxylic acids is 2. The summed E-state index contributed by atoms with van der Waals surface area (Å²) in [7, 11) is 0. The monoisotopic (exact) mass is 456 g/mol. The Morgan fingerprint density at radius 3 is 2.58 bits per heavy atom. The summed E-state index contributed by atoms with van der Waals surface area (Å²) in [5.41, 5.74) is 2.72. The third-order valence-electron chi connectivity index (χ3n) is 4.89. The van der Waals surface area contributed by atoms with Crippen molar-refractivity contribution in [3.63, 3.8) is 0 Å². The van der Waals surface area contributed by atoms with Crippen molar-refractivity contribution in [2.75, 3.05) is 31.1 Å². The zero-order valence-corrected chi connectivity index (χ0v) is 17.8. The lowest BCUT2D eigenvalue weighted by molar-refractivity contribution is -0.134. The molecule has 8 nitrogen and oxygen atoms in total. The predicted molar refractivity (Wildman–Crippen MR) is 121 cm³/mol. The summed E-state index contributed by atoms with van der Waals surface area (Å²) >= 11 is 0. The molecule has 1 aliphatic rings. The number of aliphatic carboxylic acids is 2. The molecular formula is C24H25FN2O6. The van der Waals surface area contributed by atoms with Crippen molar-refractivity contribution >= 4 is 28.6 Å². The minimum atomic E-state index is -1.26. The van der Waals surface area contributed by atoms with E-state index >= 15 is 0 Å². The molecule has 2 heterocycles. The SMILES string of the molecule is Fc1cc(N2CCN[C@H](COCc3ccccc3)C2)c2occc2c1.O=C(O)/C=C/C(=O)O. The topological polar surface area (TPSA) is 112 Å². The van der Waals surface area contributed by atoms with E-state index < -0.39 is 11.9 Å². The Bertz CT molecular complexity index is 1080. The fraction of sp³-hybridized carbons (Fsp3) is 0.250. The molecule has 0 unspecified atom stereocenters. The molecule has 0 aliphatic carbocycles. The van der Waals surface area contributed by atoms with Gasteiger partial charge in [0.2, 0.25) is 0 Å². The summed E-state index contributed by atoms with van der Waals surface area (Å²) in [6.45, 7) is 3.62. The number of benzene rings is 2. The van der Waals surface area contributed by atoms with E-state index in [4.69, 9.17) is 19.4 Å². The van der Waals surface area contributed by atoms with Gasteiger partial charge in [-0.05, 0) is 17.7 Å². The zero-order chi connectivity index (χ0) is 23.6. The van der Waals surface area contributed by atoms with Crippen LogP contribution in [0.25, 0.3) is 11.0 Å². The Morgan fingerprint density at radius 2 is 1.88 bits per heavy atom. The first-order valence-corrected chi connectivity index (χ1v) is 10.3. The number of piperazine rings is 1. The standard InChI is InChI=1S/C20H21FN2O2.C4H4O4/c21-17-10-16-6-9-25-20(16)19(11-17)23-8-7-22-18(12-23)14-24-13-15-4-2-1-3-5-15;5-3(6)1-2-4(7)8/h1-6,9-11,18,22H,7-8,12-14H2;1-2H,(H,5,6)(H,7,8)/b;2-1+/t18-;/m0./s1. The van der Waals surface area contributed by atoms with E-state index in [1.54, 1.807) is 18.4 Å². The van der Waals surface area contributed by atoms with E-state index in [1.807, 2.05) is 18.2 Å². The van der Waals surface area contributed by atoms with Crippen LogP contribution < -0.4 is 10.2 Å². The second-order valence-corrected chi connectivity index (χ2v) is 7.37. The van der Waals surface area contributed by atoms with Crippen LogP contribution in [0.5, 0.6) is 0 Å². The van der Waals surface area contributed by atoms with Crippen LogP contribution in [0.2, 0.25) is 0 Å². The highest BCUT2D eigenvalue weighted by atomic mass is 19.1. The number of carboxylic acid groups (broad SMARTS) is 2. The number of furan rings is 1. The minimum absolute atomic E-state index is 0.200. The number of halogens is 1. The van der Waals surface area contributed by atoms with Crippen molar-refractivity contribution in [1.29, 1.82) is 0 Å². The van der Waals surface area contributed by atoms with Gasteiger partial charge in [0, 0.05) is 49.3 Å². The molecule has 2 aromatic carbocycles. The molecule has 9 heteroatoms. The van der Waals surface area contributed by atoms with Crippen molar-refractivity contribution < 1.29 is 33.3 Å². The minimum Gasteiger partial charge on any atom is -0.478 e. The second-order valence-electron chi connectivity index (χ2n) is 7.37. The van der Waals surface area contributed by atoms with Gasteiger partial charge in [-0.2, -0.15) is 0 Å². The smallest absolute Gasteiger partial charge is 0.328 e. The predicted octanol–water partition coefficient (Wildman–Crippen LogP) is 3.28. The first kappa shape index (κ1) is 24.0. The summed E-state index contributed by atoms with van der Waals surface area (Å²) in [6, 6.07) is 15.2. The van der Waals surface area contributed by atoms with E-state index in [1.165, 1.54) is 6.07 Å². The number of rotatable bonds is 7. The average Bonchev–Trinajstić information content (AvgIpc) is 3.27. The van der Waals surface area contributed by atoms with Crippen LogP contribution >= 0.6 is 0 Å². The number of hydrogen-bond donors (Lipinski definition) is 3. The summed E-state index contributed by atoms with van der Waals surface area (Å²) in [5, 5.41) is 19.9. The van der Waals surface area contributed by atoms with E-state index in [-0.39, 0.29) is 11.9 Å². The van der Waals surface area contributed by atoms with Gasteiger partial charge in [0.1, 0.15) is 5.82 Å². The summed E-state index contributed by atoms with van der Waals surface area (Å²) < 4.78 is 25.3. The van der Waals surface area contributed by atoms with Gasteiger partial charge >= 0.3 is 11.9 Å². The Labute approximate surface area is 189 Å². The fourth-order valence-electron chi connectivity index (χ4n) is 3.45. The van der Waals surface area contributed by atoms with Gasteiger partial charge in [0.25, 0.3) is 0 Å². The first-order valence-electron chi connectivity index (χ1n) is 10.3. The largest absolute Gasteiger partial charge is 0.478 e. The van der Waals surface area contributed by atoms with Gasteiger partial charge in [0.15, 0.2) is 5.58 Å². The molecule has 3 N–H and O–H groups in total. The highest BCUT2D eigenvalue weighted by Crippen LogP contribution is 2.29. The lowest BCUT2D eigenvalue weighted by Crippen LogP contribution is -2.52. The number of nitrogens with one attached hydrogen (secondary N) is 1. The maximum atomic E-state index is 13.9. The first-order chi connectivity index (χ1) is 15.9. The van der Waals surface area contributed by atoms with Gasteiger partial charge in [-0.25, -0.2) is 14.0 Å². The van der Waals surface area contributed by atoms with Crippen molar-refractivity contribution in [3.8, 4) is 0 Å². The van der Waals surface area contributed by atoms with Crippen LogP contribution in [-0.2, 0) is 20.9 Å². The molecule has 1 fully saturated rings. The number of nitrogens with zero attached hydrogens (tertiary/aromatic N) is 1. The van der Waals surface area contributed by atoms with Gasteiger partial charge < -0.3 is 29.6 Å². The van der Waals surface area contributed by atoms with E-state index in [2.05, 4.69) is 22.3 Å². The third kappa shape index (κ3) is 7.44. The van der Waals surface area contributed by atoms with Crippen molar-refractivity contribution in [2.45, 2.75) is 12.6 Å². The van der Waals surface area contributed by atoms with Crippen LogP contribution in [-0.4, -0.2) is 54.4 Å². The maximum Gasteiger partial charge on any atom is 0.328 e. The highest BCUT2D eigenvalue weighted by Gasteiger charge is 2.22. The number of hydrogen-bond acceptors (Lipinski definition) is 6. The molecule has 174 valence electrons. The van der Waals surface area contributed by atoms with Gasteiger partial charge in [0.05, 0.1) is 25.2 Å². The van der Waals surface area contributed by atoms with Crippen molar-refractivity contribution in [1.82, 2.24) is 5.32 Å². The molecule has 1 atom stereocenters. The number of fused-ring (bicyclic) bond motifs is 1. The molecule has 0 bridgehead atoms. The normalized spacial score (nSPS) is 15.9. The molecule has 1 saturated heterocycles. The van der Waals surface area contributed by atoms with Gasteiger partial charge in [-0.15, -0.1) is 0 Å². The Kier molecular flexibility index (Phi) is 8.56. The molecule has 0 amide bonds. The molecule has 0 radical (unpaired) electrons. The van der Waals surface area contributed by atoms with E-state index in [9.17, 15) is 14.0 Å². The van der Waals surface area contributed by atoms with Gasteiger partial charge in [-0.3, -0.25) is 0 Å². The highest BCUT2D eigenvalue weighted by molar-refractivity contribution is 5.90. The maximum absolute atomic E-state index is 13.9. The zero-order valence-electron chi connectivity index (χ0n) is 17.8. The Hall–Kier alpha value is -3.69. The third-order valence-corrected chi connectivity index (χ3v) is 4.89. The number of carbonyl (C=O) groups is 2. The molecule has 0 spiro atoms. The molecular weight excluding hydrogens is 431 g/mol. The van der Waals surface area contributed by atoms with E-state index in [0.29, 0.717) is 25.4 Å². The lowest BCUT2D eigenvalue weighted by atomic mass is 10.1. The van der Waals surface area contributed by atoms with Crippen molar-refractivity contribution in [3.05, 3.63) is 78.3 Å². The summed E-state index contributed by atoms with van der Waals surface area (Å²) in [6.07, 6.45) is 2.72. The van der Waals surface area contributed by atoms with Crippen molar-refractivity contribution in [2.24, 2.45) is 0 Å².